The topological polar surface area (TPSA) is 52.6 Å². The molecule has 22 heavy (non-hydrogen) atoms. The highest BCUT2D eigenvalue weighted by molar-refractivity contribution is 6.03. The summed E-state index contributed by atoms with van der Waals surface area (Å²) >= 11 is 0. The molecule has 4 nitrogen and oxygen atoms in total. The summed E-state index contributed by atoms with van der Waals surface area (Å²) in [6.07, 6.45) is 1.96. The van der Waals surface area contributed by atoms with Gasteiger partial charge in [-0.15, -0.1) is 0 Å². The molecule has 1 aromatic carbocycles. The molecule has 0 spiro atoms. The van der Waals surface area contributed by atoms with E-state index in [-0.39, 0.29) is 12.5 Å². The average Bonchev–Trinajstić information content (AvgIpc) is 2.59. The Kier molecular flexibility index (Phi) is 5.32. The van der Waals surface area contributed by atoms with Crippen LogP contribution in [0.5, 0.6) is 0 Å². The molecule has 122 valence electrons. The minimum atomic E-state index is -0.960. The maximum absolute atomic E-state index is 12.5. The number of ether oxygens (including phenoxy) is 2. The van der Waals surface area contributed by atoms with E-state index >= 15 is 0 Å². The van der Waals surface area contributed by atoms with Crippen LogP contribution in [0.25, 0.3) is 0 Å². The molecule has 0 aromatic heterocycles. The lowest BCUT2D eigenvalue weighted by Crippen LogP contribution is -2.22. The molecule has 1 rings (SSSR count). The predicted molar refractivity (Wildman–Crippen MR) is 86.0 cm³/mol. The van der Waals surface area contributed by atoms with Gasteiger partial charge in [0, 0.05) is 0 Å². The fourth-order valence-corrected chi connectivity index (χ4v) is 1.57. The molecular weight excluding hydrogens is 280 g/mol. The summed E-state index contributed by atoms with van der Waals surface area (Å²) in [5, 5.41) is 0. The number of rotatable bonds is 8. The second-order valence-corrected chi connectivity index (χ2v) is 5.45. The van der Waals surface area contributed by atoms with Crippen LogP contribution >= 0.6 is 0 Å². The quantitative estimate of drug-likeness (QED) is 0.532. The van der Waals surface area contributed by atoms with Gasteiger partial charge in [0.15, 0.2) is 0 Å². The average molecular weight is 310 g/mol. The van der Waals surface area contributed by atoms with E-state index in [9.17, 15) is 9.59 Å². The lowest BCUT2D eigenvalue weighted by Gasteiger charge is -2.17. The third kappa shape index (κ3) is 5.51. The van der Waals surface area contributed by atoms with Crippen LogP contribution in [0.3, 0.4) is 0 Å². The number of esters is 2. The van der Waals surface area contributed by atoms with Crippen molar-refractivity contribution in [2.75, 3.05) is 6.61 Å². The molecule has 1 atom stereocenters. The summed E-state index contributed by atoms with van der Waals surface area (Å²) in [6.45, 7) is 7.49. The van der Waals surface area contributed by atoms with Gasteiger partial charge in [0.25, 0.3) is 0 Å². The minimum absolute atomic E-state index is 0.0129. The Balaban J connectivity index is 3.30. The van der Waals surface area contributed by atoms with Gasteiger partial charge in [-0.1, -0.05) is 45.7 Å². The molecule has 0 N–H and O–H groups in total. The first kappa shape index (κ1) is 12.7. The van der Waals surface area contributed by atoms with Crippen LogP contribution in [0.1, 0.15) is 73.2 Å². The molecule has 0 aliphatic carbocycles. The number of benzene rings is 1. The van der Waals surface area contributed by atoms with E-state index < -0.39 is 53.3 Å². The van der Waals surface area contributed by atoms with Gasteiger partial charge in [-0.3, -0.25) is 0 Å². The van der Waals surface area contributed by atoms with E-state index in [1.165, 1.54) is 0 Å². The molecule has 0 saturated heterocycles. The molecule has 0 heterocycles. The van der Waals surface area contributed by atoms with Crippen molar-refractivity contribution in [3.05, 3.63) is 35.3 Å². The second kappa shape index (κ2) is 9.23. The smallest absolute Gasteiger partial charge is 0.339 e. The molecule has 0 aliphatic rings. The SMILES string of the molecule is [2H]c1c([2H])c([2H])c(C(=O)OC(C)C(C)C)c(C(=O)OCCCCC)c1[2H]. The summed E-state index contributed by atoms with van der Waals surface area (Å²) in [7, 11) is 0. The van der Waals surface area contributed by atoms with Crippen molar-refractivity contribution in [2.24, 2.45) is 5.92 Å². The van der Waals surface area contributed by atoms with Crippen LogP contribution in [0, 0.1) is 5.92 Å². The molecule has 1 unspecified atom stereocenters. The Bertz CT molecular complexity index is 674. The third-order valence-corrected chi connectivity index (χ3v) is 3.31. The van der Waals surface area contributed by atoms with Crippen LogP contribution in [-0.4, -0.2) is 24.6 Å². The first-order valence-corrected chi connectivity index (χ1v) is 7.61. The van der Waals surface area contributed by atoms with E-state index in [1.807, 2.05) is 20.8 Å². The lowest BCUT2D eigenvalue weighted by molar-refractivity contribution is 0.0230. The van der Waals surface area contributed by atoms with Crippen LogP contribution < -0.4 is 0 Å². The second-order valence-electron chi connectivity index (χ2n) is 5.45. The molecule has 0 radical (unpaired) electrons. The monoisotopic (exact) mass is 310 g/mol. The van der Waals surface area contributed by atoms with Gasteiger partial charge in [0.1, 0.15) is 6.10 Å². The van der Waals surface area contributed by atoms with E-state index in [2.05, 4.69) is 0 Å². The van der Waals surface area contributed by atoms with E-state index in [0.29, 0.717) is 6.42 Å². The van der Waals surface area contributed by atoms with E-state index in [4.69, 9.17) is 15.0 Å². The summed E-state index contributed by atoms with van der Waals surface area (Å²) in [5.41, 5.74) is -0.961. The van der Waals surface area contributed by atoms with Crippen LogP contribution in [0.4, 0.5) is 0 Å². The molecule has 4 heteroatoms. The lowest BCUT2D eigenvalue weighted by atomic mass is 10.1. The van der Waals surface area contributed by atoms with Crippen molar-refractivity contribution in [3.63, 3.8) is 0 Å². The van der Waals surface area contributed by atoms with Gasteiger partial charge in [-0.2, -0.15) is 0 Å². The van der Waals surface area contributed by atoms with Gasteiger partial charge in [0.2, 0.25) is 0 Å². The Morgan fingerprint density at radius 3 is 2.23 bits per heavy atom. The van der Waals surface area contributed by atoms with Crippen molar-refractivity contribution in [3.8, 4) is 0 Å². The zero-order valence-electron chi connectivity index (χ0n) is 17.6. The van der Waals surface area contributed by atoms with Crippen LogP contribution in [-0.2, 0) is 9.47 Å². The Labute approximate surface area is 138 Å². The highest BCUT2D eigenvalue weighted by atomic mass is 16.5. The zero-order valence-corrected chi connectivity index (χ0v) is 13.6. The van der Waals surface area contributed by atoms with Crippen molar-refractivity contribution in [1.29, 1.82) is 0 Å². The highest BCUT2D eigenvalue weighted by Gasteiger charge is 2.21. The van der Waals surface area contributed by atoms with Gasteiger partial charge in [-0.05, 0) is 31.3 Å². The number of hydrogen-bond donors (Lipinski definition) is 0. The molecule has 0 bridgehead atoms. The largest absolute Gasteiger partial charge is 0.462 e. The minimum Gasteiger partial charge on any atom is -0.462 e. The number of hydrogen-bond acceptors (Lipinski definition) is 4. The number of carbonyl (C=O) groups is 2. The fourth-order valence-electron chi connectivity index (χ4n) is 1.57. The van der Waals surface area contributed by atoms with Gasteiger partial charge >= 0.3 is 11.9 Å². The predicted octanol–water partition coefficient (Wildman–Crippen LogP) is 4.23. The normalized spacial score (nSPS) is 14.6. The first-order chi connectivity index (χ1) is 12.1. The van der Waals surface area contributed by atoms with Gasteiger partial charge in [-0.25, -0.2) is 9.59 Å². The Morgan fingerprint density at radius 2 is 1.68 bits per heavy atom. The maximum atomic E-state index is 12.5. The molecule has 1 aromatic rings. The van der Waals surface area contributed by atoms with Crippen molar-refractivity contribution >= 4 is 11.9 Å². The molecule has 0 fully saturated rings. The first-order valence-electron chi connectivity index (χ1n) is 9.61. The van der Waals surface area contributed by atoms with Crippen LogP contribution in [0.15, 0.2) is 24.2 Å². The van der Waals surface area contributed by atoms with Gasteiger partial charge < -0.3 is 9.47 Å². The van der Waals surface area contributed by atoms with E-state index in [0.717, 1.165) is 12.8 Å². The summed E-state index contributed by atoms with van der Waals surface area (Å²) in [6, 6.07) is -2.39. The van der Waals surface area contributed by atoms with Crippen molar-refractivity contribution in [1.82, 2.24) is 0 Å². The standard InChI is InChI=1S/C18H26O4/c1-5-6-9-12-21-17(19)15-10-7-8-11-16(15)18(20)22-14(4)13(2)3/h7-8,10-11,13-14H,5-6,9,12H2,1-4H3/i7D,8D,10D,11D. The molecule has 0 saturated carbocycles. The molecular formula is C18H26O4. The van der Waals surface area contributed by atoms with Gasteiger partial charge in [0.05, 0.1) is 23.2 Å². The fraction of sp³-hybridized carbons (Fsp3) is 0.556. The van der Waals surface area contributed by atoms with Crippen molar-refractivity contribution < 1.29 is 24.5 Å². The molecule has 0 amide bonds. The molecule has 0 aliphatic heterocycles. The summed E-state index contributed by atoms with van der Waals surface area (Å²) in [5.74, 6) is -1.89. The summed E-state index contributed by atoms with van der Waals surface area (Å²) < 4.78 is 41.9. The number of unbranched alkanes of at least 4 members (excludes halogenated alkanes) is 2. The zero-order chi connectivity index (χ0) is 20.0. The highest BCUT2D eigenvalue weighted by Crippen LogP contribution is 2.15. The number of carbonyl (C=O) groups excluding carboxylic acids is 2. The Hall–Kier alpha value is -1.84. The van der Waals surface area contributed by atoms with E-state index in [1.54, 1.807) is 6.92 Å². The third-order valence-electron chi connectivity index (χ3n) is 3.31. The van der Waals surface area contributed by atoms with Crippen molar-refractivity contribution in [2.45, 2.75) is 53.1 Å². The Morgan fingerprint density at radius 1 is 1.09 bits per heavy atom. The van der Waals surface area contributed by atoms with Crippen LogP contribution in [0.2, 0.25) is 0 Å². The summed E-state index contributed by atoms with van der Waals surface area (Å²) in [4.78, 5) is 24.9. The maximum Gasteiger partial charge on any atom is 0.339 e.